The topological polar surface area (TPSA) is 80.0 Å². The third-order valence-electron chi connectivity index (χ3n) is 4.19. The Kier molecular flexibility index (Phi) is 4.86. The van der Waals surface area contributed by atoms with Crippen LogP contribution in [-0.2, 0) is 0 Å². The van der Waals surface area contributed by atoms with E-state index in [2.05, 4.69) is 21.7 Å². The van der Waals surface area contributed by atoms with Gasteiger partial charge in [0.05, 0.1) is 17.5 Å². The normalized spacial score (nSPS) is 12.0. The van der Waals surface area contributed by atoms with Gasteiger partial charge in [-0.05, 0) is 68.7 Å². The quantitative estimate of drug-likeness (QED) is 0.755. The Morgan fingerprint density at radius 1 is 1.12 bits per heavy atom. The largest absolute Gasteiger partial charge is 0.389 e. The van der Waals surface area contributed by atoms with Gasteiger partial charge in [0.15, 0.2) is 5.69 Å². The van der Waals surface area contributed by atoms with E-state index in [1.165, 1.54) is 0 Å². The molecule has 0 fully saturated rings. The van der Waals surface area contributed by atoms with Crippen LogP contribution in [0.1, 0.15) is 45.9 Å². The van der Waals surface area contributed by atoms with Crippen LogP contribution in [0.4, 0.5) is 5.69 Å². The number of aliphatic hydroxyl groups is 1. The Bertz CT molecular complexity index is 940. The van der Waals surface area contributed by atoms with Crippen molar-refractivity contribution in [2.45, 2.75) is 33.8 Å². The van der Waals surface area contributed by atoms with Crippen molar-refractivity contribution >= 4 is 11.6 Å². The highest BCUT2D eigenvalue weighted by atomic mass is 16.3. The van der Waals surface area contributed by atoms with Gasteiger partial charge in [-0.25, -0.2) is 4.68 Å². The molecule has 0 spiro atoms. The smallest absolute Gasteiger partial charge is 0.278 e. The molecule has 0 aliphatic rings. The summed E-state index contributed by atoms with van der Waals surface area (Å²) in [6.07, 6.45) is -0.598. The zero-order chi connectivity index (χ0) is 18.8. The van der Waals surface area contributed by atoms with Crippen LogP contribution in [0.25, 0.3) is 5.69 Å². The average molecular weight is 350 g/mol. The van der Waals surface area contributed by atoms with Gasteiger partial charge in [-0.1, -0.05) is 23.4 Å². The fourth-order valence-corrected chi connectivity index (χ4v) is 2.92. The zero-order valence-corrected chi connectivity index (χ0v) is 15.3. The first kappa shape index (κ1) is 17.8. The summed E-state index contributed by atoms with van der Waals surface area (Å²) in [5.41, 5.74) is 5.40. The molecule has 1 aromatic heterocycles. The van der Waals surface area contributed by atoms with Crippen molar-refractivity contribution in [1.82, 2.24) is 15.0 Å². The molecule has 0 aliphatic heterocycles. The van der Waals surface area contributed by atoms with Crippen molar-refractivity contribution in [2.24, 2.45) is 0 Å². The maximum atomic E-state index is 12.6. The molecule has 0 aliphatic carbocycles. The van der Waals surface area contributed by atoms with Crippen LogP contribution in [0.3, 0.4) is 0 Å². The first-order chi connectivity index (χ1) is 12.3. The first-order valence-electron chi connectivity index (χ1n) is 8.45. The van der Waals surface area contributed by atoms with Gasteiger partial charge in [0.2, 0.25) is 0 Å². The minimum atomic E-state index is -0.598. The van der Waals surface area contributed by atoms with Crippen LogP contribution in [0, 0.1) is 20.8 Å². The highest BCUT2D eigenvalue weighted by Gasteiger charge is 2.18. The van der Waals surface area contributed by atoms with E-state index in [0.29, 0.717) is 11.4 Å². The molecule has 1 atom stereocenters. The van der Waals surface area contributed by atoms with Crippen molar-refractivity contribution in [1.29, 1.82) is 0 Å². The Balaban J connectivity index is 1.87. The van der Waals surface area contributed by atoms with Crippen LogP contribution in [0.5, 0.6) is 0 Å². The molecule has 0 radical (unpaired) electrons. The number of nitrogens with zero attached hydrogens (tertiary/aromatic N) is 3. The third kappa shape index (κ3) is 3.65. The molecular formula is C20H22N4O2. The molecule has 0 saturated carbocycles. The number of aryl methyl sites for hydroxylation is 2. The Hall–Kier alpha value is -2.99. The maximum Gasteiger partial charge on any atom is 0.278 e. The summed E-state index contributed by atoms with van der Waals surface area (Å²) in [6, 6.07) is 13.2. The summed E-state index contributed by atoms with van der Waals surface area (Å²) in [5.74, 6) is -0.333. The molecule has 6 heteroatoms. The number of carbonyl (C=O) groups excluding carboxylic acids is 1. The van der Waals surface area contributed by atoms with Gasteiger partial charge in [-0.2, -0.15) is 0 Å². The molecule has 0 bridgehead atoms. The number of rotatable bonds is 4. The van der Waals surface area contributed by atoms with E-state index >= 15 is 0 Å². The van der Waals surface area contributed by atoms with Crippen LogP contribution in [0.15, 0.2) is 42.5 Å². The van der Waals surface area contributed by atoms with E-state index in [0.717, 1.165) is 22.4 Å². The molecule has 1 heterocycles. The van der Waals surface area contributed by atoms with Gasteiger partial charge >= 0.3 is 0 Å². The molecule has 1 amide bonds. The van der Waals surface area contributed by atoms with Crippen LogP contribution in [0.2, 0.25) is 0 Å². The van der Waals surface area contributed by atoms with E-state index in [9.17, 15) is 9.90 Å². The van der Waals surface area contributed by atoms with E-state index in [4.69, 9.17) is 0 Å². The monoisotopic (exact) mass is 350 g/mol. The molecule has 134 valence electrons. The predicted octanol–water partition coefficient (Wildman–Crippen LogP) is 3.50. The lowest BCUT2D eigenvalue weighted by molar-refractivity contribution is 0.102. The molecule has 3 rings (SSSR count). The number of benzene rings is 2. The number of aliphatic hydroxyl groups excluding tert-OH is 1. The number of carbonyl (C=O) groups is 1. The Morgan fingerprint density at radius 2 is 1.81 bits per heavy atom. The minimum absolute atomic E-state index is 0.270. The Morgan fingerprint density at radius 3 is 2.46 bits per heavy atom. The number of anilines is 1. The molecule has 2 N–H and O–H groups in total. The SMILES string of the molecule is Cc1cc(C)cc(-n2nnc(C(=O)Nc3cccc([C@@H](C)O)c3)c2C)c1. The van der Waals surface area contributed by atoms with Gasteiger partial charge in [0.25, 0.3) is 5.91 Å². The summed E-state index contributed by atoms with van der Waals surface area (Å²) >= 11 is 0. The van der Waals surface area contributed by atoms with E-state index in [-0.39, 0.29) is 11.6 Å². The van der Waals surface area contributed by atoms with Crippen LogP contribution in [-0.4, -0.2) is 26.0 Å². The number of hydrogen-bond donors (Lipinski definition) is 2. The first-order valence-corrected chi connectivity index (χ1v) is 8.45. The highest BCUT2D eigenvalue weighted by Crippen LogP contribution is 2.19. The highest BCUT2D eigenvalue weighted by molar-refractivity contribution is 6.03. The molecule has 26 heavy (non-hydrogen) atoms. The maximum absolute atomic E-state index is 12.6. The summed E-state index contributed by atoms with van der Waals surface area (Å²) in [5, 5.41) is 20.7. The predicted molar refractivity (Wildman–Crippen MR) is 101 cm³/mol. The summed E-state index contributed by atoms with van der Waals surface area (Å²) < 4.78 is 1.67. The lowest BCUT2D eigenvalue weighted by atomic mass is 10.1. The zero-order valence-electron chi connectivity index (χ0n) is 15.3. The molecule has 2 aromatic carbocycles. The fourth-order valence-electron chi connectivity index (χ4n) is 2.92. The lowest BCUT2D eigenvalue weighted by Crippen LogP contribution is -2.14. The minimum Gasteiger partial charge on any atom is -0.389 e. The molecule has 0 unspecified atom stereocenters. The number of hydrogen-bond acceptors (Lipinski definition) is 4. The van der Waals surface area contributed by atoms with Crippen molar-refractivity contribution < 1.29 is 9.90 Å². The molecular weight excluding hydrogens is 328 g/mol. The van der Waals surface area contributed by atoms with Crippen molar-refractivity contribution in [2.75, 3.05) is 5.32 Å². The van der Waals surface area contributed by atoms with Gasteiger partial charge in [-0.3, -0.25) is 4.79 Å². The standard InChI is InChI=1S/C20H22N4O2/c1-12-8-13(2)10-18(9-12)24-14(3)19(22-23-24)20(26)21-17-7-5-6-16(11-17)15(4)25/h5-11,15,25H,1-4H3,(H,21,26)/t15-/m1/s1. The second-order valence-electron chi connectivity index (χ2n) is 6.54. The fraction of sp³-hybridized carbons (Fsp3) is 0.250. The number of aromatic nitrogens is 3. The van der Waals surface area contributed by atoms with E-state index in [1.54, 1.807) is 29.8 Å². The molecule has 6 nitrogen and oxygen atoms in total. The van der Waals surface area contributed by atoms with Crippen LogP contribution < -0.4 is 5.32 Å². The second kappa shape index (κ2) is 7.09. The van der Waals surface area contributed by atoms with Crippen molar-refractivity contribution in [3.63, 3.8) is 0 Å². The van der Waals surface area contributed by atoms with E-state index in [1.807, 2.05) is 39.0 Å². The van der Waals surface area contributed by atoms with Gasteiger partial charge in [-0.15, -0.1) is 5.10 Å². The lowest BCUT2D eigenvalue weighted by Gasteiger charge is -2.09. The van der Waals surface area contributed by atoms with Gasteiger partial charge < -0.3 is 10.4 Å². The third-order valence-corrected chi connectivity index (χ3v) is 4.19. The van der Waals surface area contributed by atoms with Crippen molar-refractivity contribution in [3.8, 4) is 5.69 Å². The summed E-state index contributed by atoms with van der Waals surface area (Å²) in [6.45, 7) is 7.54. The molecule has 0 saturated heterocycles. The second-order valence-corrected chi connectivity index (χ2v) is 6.54. The number of amides is 1. The van der Waals surface area contributed by atoms with Crippen molar-refractivity contribution in [3.05, 3.63) is 70.5 Å². The molecule has 3 aromatic rings. The summed E-state index contributed by atoms with van der Waals surface area (Å²) in [7, 11) is 0. The average Bonchev–Trinajstić information content (AvgIpc) is 2.96. The van der Waals surface area contributed by atoms with E-state index < -0.39 is 6.10 Å². The Labute approximate surface area is 152 Å². The summed E-state index contributed by atoms with van der Waals surface area (Å²) in [4.78, 5) is 12.6. The van der Waals surface area contributed by atoms with Gasteiger partial charge in [0, 0.05) is 5.69 Å². The number of nitrogens with one attached hydrogen (secondary N) is 1. The van der Waals surface area contributed by atoms with Crippen LogP contribution >= 0.6 is 0 Å². The van der Waals surface area contributed by atoms with Gasteiger partial charge in [0.1, 0.15) is 0 Å².